The van der Waals surface area contributed by atoms with Gasteiger partial charge >= 0.3 is 6.03 Å². The van der Waals surface area contributed by atoms with E-state index in [1.165, 1.54) is 0 Å². The van der Waals surface area contributed by atoms with E-state index in [-0.39, 0.29) is 12.1 Å². The zero-order valence-corrected chi connectivity index (χ0v) is 18.6. The first kappa shape index (κ1) is 22.0. The molecule has 158 valence electrons. The summed E-state index contributed by atoms with van der Waals surface area (Å²) in [5.74, 6) is 0.351. The molecular formula is C25H30ClN3O. The lowest BCUT2D eigenvalue weighted by Gasteiger charge is -2.32. The van der Waals surface area contributed by atoms with Crippen molar-refractivity contribution >= 4 is 17.6 Å². The second-order valence-corrected chi connectivity index (χ2v) is 8.45. The van der Waals surface area contributed by atoms with Crippen molar-refractivity contribution in [3.63, 3.8) is 0 Å². The van der Waals surface area contributed by atoms with Gasteiger partial charge in [-0.05, 0) is 48.2 Å². The Labute approximate surface area is 184 Å². The van der Waals surface area contributed by atoms with Crippen molar-refractivity contribution in [1.29, 1.82) is 0 Å². The summed E-state index contributed by atoms with van der Waals surface area (Å²) < 4.78 is 2.18. The summed E-state index contributed by atoms with van der Waals surface area (Å²) >= 11 is 6.14. The number of hydrogen-bond acceptors (Lipinski definition) is 1. The second kappa shape index (κ2) is 10.4. The number of amides is 2. The van der Waals surface area contributed by atoms with Gasteiger partial charge in [0.2, 0.25) is 0 Å². The van der Waals surface area contributed by atoms with Crippen LogP contribution in [0.5, 0.6) is 0 Å². The molecule has 1 N–H and O–H groups in total. The lowest BCUT2D eigenvalue weighted by atomic mass is 10.0. The monoisotopic (exact) mass is 423 g/mol. The minimum absolute atomic E-state index is 0.0458. The molecule has 0 fully saturated rings. The van der Waals surface area contributed by atoms with Crippen molar-refractivity contribution < 1.29 is 4.79 Å². The van der Waals surface area contributed by atoms with Gasteiger partial charge < -0.3 is 14.8 Å². The fourth-order valence-electron chi connectivity index (χ4n) is 3.39. The molecule has 5 heteroatoms. The van der Waals surface area contributed by atoms with Gasteiger partial charge in [0.25, 0.3) is 0 Å². The van der Waals surface area contributed by atoms with Gasteiger partial charge in [0.05, 0.1) is 6.54 Å². The lowest BCUT2D eigenvalue weighted by Crippen LogP contribution is -2.46. The highest BCUT2D eigenvalue weighted by Crippen LogP contribution is 2.18. The predicted octanol–water partition coefficient (Wildman–Crippen LogP) is 5.95. The van der Waals surface area contributed by atoms with E-state index in [2.05, 4.69) is 49.0 Å². The van der Waals surface area contributed by atoms with E-state index in [0.29, 0.717) is 19.0 Å². The molecule has 3 aromatic rings. The molecule has 0 aliphatic heterocycles. The summed E-state index contributed by atoms with van der Waals surface area (Å²) in [6.45, 7) is 8.19. The molecule has 1 aromatic heterocycles. The van der Waals surface area contributed by atoms with Crippen LogP contribution in [0.2, 0.25) is 5.02 Å². The molecule has 3 rings (SSSR count). The Morgan fingerprint density at radius 3 is 2.43 bits per heavy atom. The molecule has 2 amide bonds. The Kier molecular flexibility index (Phi) is 7.58. The van der Waals surface area contributed by atoms with Gasteiger partial charge in [0.1, 0.15) is 0 Å². The molecule has 0 aliphatic rings. The van der Waals surface area contributed by atoms with Crippen LogP contribution in [0.3, 0.4) is 0 Å². The van der Waals surface area contributed by atoms with Crippen LogP contribution in [0.1, 0.15) is 37.6 Å². The van der Waals surface area contributed by atoms with Gasteiger partial charge in [0, 0.05) is 36.0 Å². The minimum atomic E-state index is -0.0458. The Balaban J connectivity index is 1.74. The van der Waals surface area contributed by atoms with E-state index in [9.17, 15) is 4.79 Å². The zero-order chi connectivity index (χ0) is 21.5. The number of nitrogens with one attached hydrogen (secondary N) is 1. The second-order valence-electron chi connectivity index (χ2n) is 8.01. The van der Waals surface area contributed by atoms with Crippen LogP contribution in [-0.4, -0.2) is 21.5 Å². The summed E-state index contributed by atoms with van der Waals surface area (Å²) in [6.07, 6.45) is 2.05. The largest absolute Gasteiger partial charge is 0.345 e. The number of urea groups is 1. The highest BCUT2D eigenvalue weighted by atomic mass is 35.5. The molecule has 0 aliphatic carbocycles. The Morgan fingerprint density at radius 1 is 1.00 bits per heavy atom. The molecular weight excluding hydrogens is 394 g/mol. The number of halogens is 1. The maximum absolute atomic E-state index is 13.1. The molecule has 4 nitrogen and oxygen atoms in total. The van der Waals surface area contributed by atoms with Crippen molar-refractivity contribution in [2.24, 2.45) is 5.92 Å². The van der Waals surface area contributed by atoms with E-state index in [4.69, 9.17) is 11.6 Å². The number of carbonyl (C=O) groups excluding carboxylic acids is 1. The molecule has 1 heterocycles. The molecule has 1 atom stereocenters. The van der Waals surface area contributed by atoms with Gasteiger partial charge in [-0.2, -0.15) is 0 Å². The average molecular weight is 424 g/mol. The molecule has 0 saturated heterocycles. The number of benzene rings is 2. The van der Waals surface area contributed by atoms with Crippen LogP contribution in [0, 0.1) is 5.92 Å². The highest BCUT2D eigenvalue weighted by molar-refractivity contribution is 6.30. The molecule has 30 heavy (non-hydrogen) atoms. The molecule has 0 bridgehead atoms. The van der Waals surface area contributed by atoms with Gasteiger partial charge in [-0.15, -0.1) is 0 Å². The molecule has 0 spiro atoms. The number of rotatable bonds is 8. The lowest BCUT2D eigenvalue weighted by molar-refractivity contribution is 0.155. The third kappa shape index (κ3) is 5.90. The van der Waals surface area contributed by atoms with Crippen LogP contribution in [0.15, 0.2) is 72.9 Å². The van der Waals surface area contributed by atoms with E-state index in [1.54, 1.807) is 0 Å². The van der Waals surface area contributed by atoms with E-state index >= 15 is 0 Å². The molecule has 2 aromatic carbocycles. The van der Waals surface area contributed by atoms with Crippen molar-refractivity contribution in [2.45, 2.75) is 46.4 Å². The van der Waals surface area contributed by atoms with Crippen molar-refractivity contribution in [2.75, 3.05) is 0 Å². The number of aromatic nitrogens is 1. The third-order valence-corrected chi connectivity index (χ3v) is 5.74. The number of hydrogen-bond donors (Lipinski definition) is 1. The van der Waals surface area contributed by atoms with Crippen LogP contribution >= 0.6 is 11.6 Å². The van der Waals surface area contributed by atoms with Gasteiger partial charge in [-0.3, -0.25) is 0 Å². The number of carbonyl (C=O) groups is 1. The molecule has 0 unspecified atom stereocenters. The van der Waals surface area contributed by atoms with E-state index < -0.39 is 0 Å². The fourth-order valence-corrected chi connectivity index (χ4v) is 3.60. The van der Waals surface area contributed by atoms with Gasteiger partial charge in [-0.1, -0.05) is 67.9 Å². The van der Waals surface area contributed by atoms with Crippen molar-refractivity contribution in [3.8, 4) is 0 Å². The SMILES string of the molecule is CC(C)[C@@H](C)N(Cc1cccn1Cc1cccc(Cl)c1)C(=O)NCc1ccccc1. The summed E-state index contributed by atoms with van der Waals surface area (Å²) in [7, 11) is 0. The van der Waals surface area contributed by atoms with E-state index in [0.717, 1.165) is 28.4 Å². The normalized spacial score (nSPS) is 12.0. The molecule has 0 radical (unpaired) electrons. The van der Waals surface area contributed by atoms with Crippen molar-refractivity contribution in [1.82, 2.24) is 14.8 Å². The maximum Gasteiger partial charge on any atom is 0.318 e. The summed E-state index contributed by atoms with van der Waals surface area (Å²) in [5, 5.41) is 3.82. The van der Waals surface area contributed by atoms with Crippen LogP contribution in [-0.2, 0) is 19.6 Å². The fraction of sp³-hybridized carbons (Fsp3) is 0.320. The van der Waals surface area contributed by atoms with Crippen LogP contribution in [0.4, 0.5) is 4.79 Å². The standard InChI is InChI=1S/C25H30ClN3O/c1-19(2)20(3)29(25(30)27-16-21-9-5-4-6-10-21)18-24-13-8-14-28(24)17-22-11-7-12-23(26)15-22/h4-15,19-20H,16-18H2,1-3H3,(H,27,30)/t20-/m1/s1. The Hall–Kier alpha value is -2.72. The summed E-state index contributed by atoms with van der Waals surface area (Å²) in [5.41, 5.74) is 3.32. The Bertz CT molecular complexity index is 952. The maximum atomic E-state index is 13.1. The van der Waals surface area contributed by atoms with Crippen LogP contribution < -0.4 is 5.32 Å². The number of nitrogens with zero attached hydrogens (tertiary/aromatic N) is 2. The highest BCUT2D eigenvalue weighted by Gasteiger charge is 2.23. The van der Waals surface area contributed by atoms with Crippen LogP contribution in [0.25, 0.3) is 0 Å². The average Bonchev–Trinajstić information content (AvgIpc) is 3.17. The predicted molar refractivity (Wildman–Crippen MR) is 124 cm³/mol. The van der Waals surface area contributed by atoms with E-state index in [1.807, 2.05) is 59.5 Å². The summed E-state index contributed by atoms with van der Waals surface area (Å²) in [4.78, 5) is 15.0. The first-order valence-corrected chi connectivity index (χ1v) is 10.8. The summed E-state index contributed by atoms with van der Waals surface area (Å²) in [6, 6.07) is 22.0. The topological polar surface area (TPSA) is 37.3 Å². The Morgan fingerprint density at radius 2 is 1.73 bits per heavy atom. The minimum Gasteiger partial charge on any atom is -0.345 e. The first-order chi connectivity index (χ1) is 14.4. The van der Waals surface area contributed by atoms with Crippen molar-refractivity contribution in [3.05, 3.63) is 94.8 Å². The molecule has 0 saturated carbocycles. The van der Waals surface area contributed by atoms with Gasteiger partial charge in [0.15, 0.2) is 0 Å². The quantitative estimate of drug-likeness (QED) is 0.477. The first-order valence-electron chi connectivity index (χ1n) is 10.4. The third-order valence-electron chi connectivity index (χ3n) is 5.50. The smallest absolute Gasteiger partial charge is 0.318 e. The zero-order valence-electron chi connectivity index (χ0n) is 17.9. The van der Waals surface area contributed by atoms with Gasteiger partial charge in [-0.25, -0.2) is 4.79 Å².